The summed E-state index contributed by atoms with van der Waals surface area (Å²) in [4.78, 5) is 39.3. The molecular formula is C25H28N6O2. The molecule has 33 heavy (non-hydrogen) atoms. The summed E-state index contributed by atoms with van der Waals surface area (Å²) >= 11 is 0. The van der Waals surface area contributed by atoms with Crippen molar-refractivity contribution in [3.05, 3.63) is 70.9 Å². The Balaban J connectivity index is 1.45. The first-order valence-corrected chi connectivity index (χ1v) is 11.5. The highest BCUT2D eigenvalue weighted by molar-refractivity contribution is 5.95. The minimum absolute atomic E-state index is 0.00719. The molecule has 0 aliphatic carbocycles. The van der Waals surface area contributed by atoms with Gasteiger partial charge in [-0.25, -0.2) is 9.97 Å². The zero-order chi connectivity index (χ0) is 22.9. The second-order valence-electron chi connectivity index (χ2n) is 8.88. The number of hydrogen-bond acceptors (Lipinski definition) is 5. The number of aryl methyl sites for hydroxylation is 2. The highest BCUT2D eigenvalue weighted by Gasteiger charge is 2.35. The molecule has 0 radical (unpaired) electrons. The molecule has 2 aromatic heterocycles. The molecule has 1 fully saturated rings. The van der Waals surface area contributed by atoms with Crippen LogP contribution in [0.15, 0.2) is 42.7 Å². The van der Waals surface area contributed by atoms with E-state index in [2.05, 4.69) is 36.3 Å². The molecule has 1 aromatic carbocycles. The van der Waals surface area contributed by atoms with Crippen LogP contribution in [0.5, 0.6) is 0 Å². The molecule has 3 aromatic rings. The third kappa shape index (κ3) is 4.25. The van der Waals surface area contributed by atoms with Crippen LogP contribution in [0, 0.1) is 13.8 Å². The Morgan fingerprint density at radius 2 is 1.94 bits per heavy atom. The predicted octanol–water partition coefficient (Wildman–Crippen LogP) is 3.13. The molecule has 5 rings (SSSR count). The van der Waals surface area contributed by atoms with Crippen LogP contribution in [0.4, 0.5) is 5.82 Å². The van der Waals surface area contributed by atoms with E-state index in [0.29, 0.717) is 37.6 Å². The fourth-order valence-electron chi connectivity index (χ4n) is 4.75. The van der Waals surface area contributed by atoms with Crippen LogP contribution in [0.25, 0.3) is 0 Å². The highest BCUT2D eigenvalue weighted by atomic mass is 16.2. The Morgan fingerprint density at radius 1 is 1.12 bits per heavy atom. The van der Waals surface area contributed by atoms with Crippen molar-refractivity contribution in [2.24, 2.45) is 0 Å². The summed E-state index contributed by atoms with van der Waals surface area (Å²) in [5.74, 6) is 1.40. The van der Waals surface area contributed by atoms with Gasteiger partial charge in [-0.05, 0) is 44.7 Å². The number of carbonyl (C=O) groups is 2. The van der Waals surface area contributed by atoms with E-state index in [4.69, 9.17) is 9.97 Å². The largest absolute Gasteiger partial charge is 0.331 e. The van der Waals surface area contributed by atoms with Crippen molar-refractivity contribution < 1.29 is 9.59 Å². The molecule has 1 atom stereocenters. The van der Waals surface area contributed by atoms with Gasteiger partial charge in [-0.15, -0.1) is 0 Å². The standard InChI is InChI=1S/C25H28N6O2/c1-17-6-8-19(9-7-17)15-31-22(32)11-10-20-18(2)27-24(28-25(20)31)21-5-3-14-30(21)23(33)16-29-13-4-12-26-29/h4,6-9,12-13,21H,3,5,10-11,14-16H2,1-2H3/t21-/m0/s1. The molecule has 2 amide bonds. The molecule has 0 bridgehead atoms. The first-order chi connectivity index (χ1) is 16.0. The minimum atomic E-state index is -0.185. The van der Waals surface area contributed by atoms with Crippen molar-refractivity contribution in [2.75, 3.05) is 11.4 Å². The van der Waals surface area contributed by atoms with Gasteiger partial charge in [0.2, 0.25) is 11.8 Å². The maximum atomic E-state index is 13.0. The summed E-state index contributed by atoms with van der Waals surface area (Å²) in [5.41, 5.74) is 4.17. The molecule has 2 aliphatic rings. The van der Waals surface area contributed by atoms with Gasteiger partial charge in [0.1, 0.15) is 12.4 Å². The van der Waals surface area contributed by atoms with Crippen molar-refractivity contribution in [1.29, 1.82) is 0 Å². The number of nitrogens with zero attached hydrogens (tertiary/aromatic N) is 6. The summed E-state index contributed by atoms with van der Waals surface area (Å²) in [7, 11) is 0. The van der Waals surface area contributed by atoms with Gasteiger partial charge in [-0.1, -0.05) is 29.8 Å². The van der Waals surface area contributed by atoms with Gasteiger partial charge in [0.25, 0.3) is 0 Å². The number of amides is 2. The third-order valence-corrected chi connectivity index (χ3v) is 6.54. The molecular weight excluding hydrogens is 416 g/mol. The molecule has 2 aliphatic heterocycles. The van der Waals surface area contributed by atoms with Gasteiger partial charge >= 0.3 is 0 Å². The lowest BCUT2D eigenvalue weighted by atomic mass is 10.0. The molecule has 1 saturated heterocycles. The molecule has 0 unspecified atom stereocenters. The lowest BCUT2D eigenvalue weighted by molar-refractivity contribution is -0.133. The van der Waals surface area contributed by atoms with E-state index in [-0.39, 0.29) is 24.4 Å². The van der Waals surface area contributed by atoms with Crippen LogP contribution in [0.2, 0.25) is 0 Å². The molecule has 0 N–H and O–H groups in total. The third-order valence-electron chi connectivity index (χ3n) is 6.54. The summed E-state index contributed by atoms with van der Waals surface area (Å²) in [6.45, 7) is 5.39. The first-order valence-electron chi connectivity index (χ1n) is 11.5. The van der Waals surface area contributed by atoms with Crippen molar-refractivity contribution in [3.8, 4) is 0 Å². The maximum Gasteiger partial charge on any atom is 0.244 e. The average molecular weight is 445 g/mol. The highest BCUT2D eigenvalue weighted by Crippen LogP contribution is 2.35. The lowest BCUT2D eigenvalue weighted by Crippen LogP contribution is -2.38. The summed E-state index contributed by atoms with van der Waals surface area (Å²) in [5, 5.41) is 4.15. The van der Waals surface area contributed by atoms with Crippen LogP contribution in [0.3, 0.4) is 0 Å². The smallest absolute Gasteiger partial charge is 0.244 e. The second-order valence-corrected chi connectivity index (χ2v) is 8.88. The summed E-state index contributed by atoms with van der Waals surface area (Å²) in [6, 6.07) is 9.85. The van der Waals surface area contributed by atoms with E-state index in [1.54, 1.807) is 22.0 Å². The van der Waals surface area contributed by atoms with Crippen LogP contribution in [0.1, 0.15) is 53.5 Å². The van der Waals surface area contributed by atoms with Crippen LogP contribution in [-0.4, -0.2) is 43.0 Å². The van der Waals surface area contributed by atoms with Crippen LogP contribution in [-0.2, 0) is 29.1 Å². The monoisotopic (exact) mass is 444 g/mol. The van der Waals surface area contributed by atoms with Crippen LogP contribution < -0.4 is 4.90 Å². The maximum absolute atomic E-state index is 13.0. The first kappa shape index (κ1) is 21.3. The van der Waals surface area contributed by atoms with Gasteiger partial charge in [-0.2, -0.15) is 5.10 Å². The van der Waals surface area contributed by atoms with Gasteiger partial charge in [0, 0.05) is 36.6 Å². The fraction of sp³-hybridized carbons (Fsp3) is 0.400. The number of aromatic nitrogens is 4. The molecule has 170 valence electrons. The van der Waals surface area contributed by atoms with Gasteiger partial charge in [0.05, 0.1) is 12.6 Å². The zero-order valence-electron chi connectivity index (χ0n) is 19.1. The number of rotatable bonds is 5. The van der Waals surface area contributed by atoms with Gasteiger partial charge in [-0.3, -0.25) is 19.2 Å². The normalized spacial score (nSPS) is 18.0. The number of likely N-dealkylation sites (tertiary alicyclic amines) is 1. The SMILES string of the molecule is Cc1ccc(CN2C(=O)CCc3c(C)nc([C@@H]4CCCN4C(=O)Cn4cccn4)nc32)cc1. The minimum Gasteiger partial charge on any atom is -0.331 e. The lowest BCUT2D eigenvalue weighted by Gasteiger charge is -2.31. The van der Waals surface area contributed by atoms with Crippen molar-refractivity contribution in [3.63, 3.8) is 0 Å². The fourth-order valence-corrected chi connectivity index (χ4v) is 4.75. The number of carbonyl (C=O) groups excluding carboxylic acids is 2. The molecule has 4 heterocycles. The van der Waals surface area contributed by atoms with Crippen LogP contribution >= 0.6 is 0 Å². The second kappa shape index (κ2) is 8.77. The molecule has 0 saturated carbocycles. The quantitative estimate of drug-likeness (QED) is 0.604. The van der Waals surface area contributed by atoms with E-state index in [1.807, 2.05) is 17.9 Å². The number of hydrogen-bond donors (Lipinski definition) is 0. The Kier molecular flexibility index (Phi) is 5.66. The summed E-state index contributed by atoms with van der Waals surface area (Å²) in [6.07, 6.45) is 6.29. The topological polar surface area (TPSA) is 84.2 Å². The number of benzene rings is 1. The average Bonchev–Trinajstić information content (AvgIpc) is 3.49. The zero-order valence-corrected chi connectivity index (χ0v) is 19.1. The predicted molar refractivity (Wildman–Crippen MR) is 123 cm³/mol. The van der Waals surface area contributed by atoms with E-state index < -0.39 is 0 Å². The van der Waals surface area contributed by atoms with Gasteiger partial charge in [0.15, 0.2) is 5.82 Å². The molecule has 8 heteroatoms. The summed E-state index contributed by atoms with van der Waals surface area (Å²) < 4.78 is 1.64. The van der Waals surface area contributed by atoms with E-state index in [1.165, 1.54) is 5.56 Å². The number of fused-ring (bicyclic) bond motifs is 1. The molecule has 8 nitrogen and oxygen atoms in total. The Hall–Kier alpha value is -3.55. The van der Waals surface area contributed by atoms with E-state index >= 15 is 0 Å². The van der Waals surface area contributed by atoms with E-state index in [9.17, 15) is 9.59 Å². The van der Waals surface area contributed by atoms with Crippen molar-refractivity contribution in [1.82, 2.24) is 24.6 Å². The van der Waals surface area contributed by atoms with E-state index in [0.717, 1.165) is 29.7 Å². The Bertz CT molecular complexity index is 1170. The Labute approximate surface area is 193 Å². The Morgan fingerprint density at radius 3 is 2.70 bits per heavy atom. The molecule has 0 spiro atoms. The van der Waals surface area contributed by atoms with Gasteiger partial charge < -0.3 is 4.90 Å². The number of anilines is 1. The van der Waals surface area contributed by atoms with Crippen molar-refractivity contribution in [2.45, 2.75) is 58.7 Å². The van der Waals surface area contributed by atoms with Crippen molar-refractivity contribution >= 4 is 17.6 Å².